The molecule has 3 aromatic rings. The Morgan fingerprint density at radius 1 is 1.00 bits per heavy atom. The minimum atomic E-state index is -3.69. The monoisotopic (exact) mass is 518 g/mol. The summed E-state index contributed by atoms with van der Waals surface area (Å²) in [6.07, 6.45) is 0. The highest BCUT2D eigenvalue weighted by atomic mass is 35.5. The lowest BCUT2D eigenvalue weighted by molar-refractivity contribution is -0.119. The molecule has 2 N–H and O–H groups in total. The van der Waals surface area contributed by atoms with Gasteiger partial charge in [-0.25, -0.2) is 13.2 Å². The molecule has 0 aliphatic rings. The lowest BCUT2D eigenvalue weighted by atomic mass is 10.2. The van der Waals surface area contributed by atoms with Gasteiger partial charge in [-0.3, -0.25) is 9.52 Å². The number of rotatable bonds is 7. The van der Waals surface area contributed by atoms with E-state index in [0.29, 0.717) is 5.02 Å². The molecule has 0 saturated heterocycles. The van der Waals surface area contributed by atoms with E-state index < -0.39 is 28.5 Å². The third-order valence-electron chi connectivity index (χ3n) is 3.74. The van der Waals surface area contributed by atoms with E-state index in [1.54, 1.807) is 11.4 Å². The second kappa shape index (κ2) is 9.88. The molecule has 0 radical (unpaired) electrons. The molecule has 0 aliphatic carbocycles. The summed E-state index contributed by atoms with van der Waals surface area (Å²) in [5, 5.41) is 4.68. The third-order valence-corrected chi connectivity index (χ3v) is 7.33. The van der Waals surface area contributed by atoms with Crippen molar-refractivity contribution in [3.8, 4) is 0 Å². The molecule has 0 bridgehead atoms. The Hall–Kier alpha value is -2.30. The summed E-state index contributed by atoms with van der Waals surface area (Å²) in [5.41, 5.74) is 0.556. The van der Waals surface area contributed by atoms with Gasteiger partial charge in [0.05, 0.1) is 21.3 Å². The van der Waals surface area contributed by atoms with E-state index in [-0.39, 0.29) is 31.2 Å². The van der Waals surface area contributed by atoms with Gasteiger partial charge in [0.1, 0.15) is 4.21 Å². The standard InChI is InChI=1S/C19H13Cl3N2O5S2/c20-12-8-14(21)18(15(22)9-12)23-16(25)10-29-19(26)11-3-5-13(6-4-11)24-31(27,28)17-2-1-7-30-17/h1-9,24H,10H2,(H,23,25). The number of esters is 1. The quantitative estimate of drug-likeness (QED) is 0.412. The first-order chi connectivity index (χ1) is 14.7. The average Bonchev–Trinajstić information content (AvgIpc) is 3.25. The lowest BCUT2D eigenvalue weighted by Gasteiger charge is -2.10. The van der Waals surface area contributed by atoms with E-state index in [4.69, 9.17) is 39.5 Å². The number of carbonyl (C=O) groups excluding carboxylic acids is 2. The number of sulfonamides is 1. The van der Waals surface area contributed by atoms with Crippen LogP contribution in [0, 0.1) is 0 Å². The fraction of sp³-hybridized carbons (Fsp3) is 0.0526. The van der Waals surface area contributed by atoms with E-state index in [2.05, 4.69) is 10.0 Å². The maximum absolute atomic E-state index is 12.2. The first-order valence-corrected chi connectivity index (χ1v) is 11.9. The minimum Gasteiger partial charge on any atom is -0.452 e. The van der Waals surface area contributed by atoms with Gasteiger partial charge in [-0.1, -0.05) is 40.9 Å². The minimum absolute atomic E-state index is 0.134. The Labute approximate surface area is 196 Å². The zero-order valence-electron chi connectivity index (χ0n) is 15.4. The number of hydrogen-bond donors (Lipinski definition) is 2. The first kappa shape index (κ1) is 23.4. The van der Waals surface area contributed by atoms with Gasteiger partial charge < -0.3 is 10.1 Å². The number of benzene rings is 2. The van der Waals surface area contributed by atoms with E-state index >= 15 is 0 Å². The summed E-state index contributed by atoms with van der Waals surface area (Å²) in [5.74, 6) is -1.42. The highest BCUT2D eigenvalue weighted by molar-refractivity contribution is 7.94. The molecule has 12 heteroatoms. The van der Waals surface area contributed by atoms with Crippen molar-refractivity contribution in [3.05, 3.63) is 74.5 Å². The van der Waals surface area contributed by atoms with E-state index in [9.17, 15) is 18.0 Å². The average molecular weight is 520 g/mol. The van der Waals surface area contributed by atoms with E-state index in [1.165, 1.54) is 42.5 Å². The van der Waals surface area contributed by atoms with Gasteiger partial charge in [-0.2, -0.15) is 0 Å². The van der Waals surface area contributed by atoms with Gasteiger partial charge in [0.2, 0.25) is 0 Å². The molecule has 162 valence electrons. The molecule has 1 aromatic heterocycles. The maximum atomic E-state index is 12.2. The van der Waals surface area contributed by atoms with Crippen LogP contribution < -0.4 is 10.0 Å². The number of nitrogens with one attached hydrogen (secondary N) is 2. The fourth-order valence-electron chi connectivity index (χ4n) is 2.35. The van der Waals surface area contributed by atoms with Crippen LogP contribution in [0.2, 0.25) is 15.1 Å². The molecule has 1 heterocycles. The van der Waals surface area contributed by atoms with Crippen LogP contribution in [-0.2, 0) is 19.6 Å². The Morgan fingerprint density at radius 3 is 2.23 bits per heavy atom. The molecule has 0 atom stereocenters. The van der Waals surface area contributed by atoms with Crippen LogP contribution in [0.1, 0.15) is 10.4 Å². The second-order valence-electron chi connectivity index (χ2n) is 5.98. The zero-order valence-corrected chi connectivity index (χ0v) is 19.3. The molecule has 0 aliphatic heterocycles. The highest BCUT2D eigenvalue weighted by Gasteiger charge is 2.17. The van der Waals surface area contributed by atoms with Gasteiger partial charge >= 0.3 is 5.97 Å². The molecule has 0 unspecified atom stereocenters. The van der Waals surface area contributed by atoms with E-state index in [1.807, 2.05) is 0 Å². The predicted octanol–water partition coefficient (Wildman–Crippen LogP) is 5.30. The molecular weight excluding hydrogens is 507 g/mol. The molecule has 0 saturated carbocycles. The summed E-state index contributed by atoms with van der Waals surface area (Å²) in [7, 11) is -3.69. The summed E-state index contributed by atoms with van der Waals surface area (Å²) in [6, 6.07) is 11.5. The number of hydrogen-bond acceptors (Lipinski definition) is 6. The number of anilines is 2. The van der Waals surface area contributed by atoms with Crippen molar-refractivity contribution in [1.82, 2.24) is 0 Å². The van der Waals surface area contributed by atoms with Crippen LogP contribution in [0.3, 0.4) is 0 Å². The lowest BCUT2D eigenvalue weighted by Crippen LogP contribution is -2.21. The maximum Gasteiger partial charge on any atom is 0.338 e. The van der Waals surface area contributed by atoms with Crippen molar-refractivity contribution in [2.45, 2.75) is 4.21 Å². The number of halogens is 3. The summed E-state index contributed by atoms with van der Waals surface area (Å²) in [4.78, 5) is 24.2. The first-order valence-electron chi connectivity index (χ1n) is 8.43. The van der Waals surface area contributed by atoms with Crippen molar-refractivity contribution in [2.75, 3.05) is 16.6 Å². The van der Waals surface area contributed by atoms with Crippen LogP contribution >= 0.6 is 46.1 Å². The smallest absolute Gasteiger partial charge is 0.338 e. The van der Waals surface area contributed by atoms with Crippen molar-refractivity contribution in [1.29, 1.82) is 0 Å². The largest absolute Gasteiger partial charge is 0.452 e. The number of ether oxygens (including phenoxy) is 1. The summed E-state index contributed by atoms with van der Waals surface area (Å²) in [6.45, 7) is -0.582. The van der Waals surface area contributed by atoms with Gasteiger partial charge in [-0.15, -0.1) is 11.3 Å². The highest BCUT2D eigenvalue weighted by Crippen LogP contribution is 2.33. The molecule has 1 amide bonds. The summed E-state index contributed by atoms with van der Waals surface area (Å²) < 4.78 is 32.0. The van der Waals surface area contributed by atoms with Crippen LogP contribution in [-0.4, -0.2) is 26.9 Å². The predicted molar refractivity (Wildman–Crippen MR) is 122 cm³/mol. The molecule has 7 nitrogen and oxygen atoms in total. The second-order valence-corrected chi connectivity index (χ2v) is 10.1. The number of amides is 1. The molecule has 0 fully saturated rings. The van der Waals surface area contributed by atoms with Crippen molar-refractivity contribution < 1.29 is 22.7 Å². The Kier molecular flexibility index (Phi) is 7.45. The third kappa shape index (κ3) is 6.11. The van der Waals surface area contributed by atoms with Crippen molar-refractivity contribution >= 4 is 79.4 Å². The van der Waals surface area contributed by atoms with Crippen LogP contribution in [0.4, 0.5) is 11.4 Å². The van der Waals surface area contributed by atoms with Gasteiger partial charge in [0.25, 0.3) is 15.9 Å². The van der Waals surface area contributed by atoms with Crippen LogP contribution in [0.5, 0.6) is 0 Å². The van der Waals surface area contributed by atoms with Crippen LogP contribution in [0.25, 0.3) is 0 Å². The fourth-order valence-corrected chi connectivity index (χ4v) is 5.31. The topological polar surface area (TPSA) is 102 Å². The number of thiophene rings is 1. The van der Waals surface area contributed by atoms with E-state index in [0.717, 1.165) is 11.3 Å². The Balaban J connectivity index is 1.57. The number of carbonyl (C=O) groups is 2. The van der Waals surface area contributed by atoms with Gasteiger partial charge in [-0.05, 0) is 47.8 Å². The summed E-state index contributed by atoms with van der Waals surface area (Å²) >= 11 is 18.9. The molecular formula is C19H13Cl3N2O5S2. The van der Waals surface area contributed by atoms with Crippen LogP contribution in [0.15, 0.2) is 58.1 Å². The SMILES string of the molecule is O=C(COC(=O)c1ccc(NS(=O)(=O)c2cccs2)cc1)Nc1c(Cl)cc(Cl)cc1Cl. The van der Waals surface area contributed by atoms with Gasteiger partial charge in [0, 0.05) is 10.7 Å². The molecule has 2 aromatic carbocycles. The Bertz CT molecular complexity index is 1190. The van der Waals surface area contributed by atoms with Gasteiger partial charge in [0.15, 0.2) is 6.61 Å². The normalized spacial score (nSPS) is 11.1. The molecule has 0 spiro atoms. The van der Waals surface area contributed by atoms with Crippen molar-refractivity contribution in [3.63, 3.8) is 0 Å². The zero-order chi connectivity index (χ0) is 22.6. The molecule has 3 rings (SSSR count). The van der Waals surface area contributed by atoms with Crippen molar-refractivity contribution in [2.24, 2.45) is 0 Å². The molecule has 31 heavy (non-hydrogen) atoms. The Morgan fingerprint density at radius 2 is 1.65 bits per heavy atom.